The highest BCUT2D eigenvalue weighted by Crippen LogP contribution is 2.30. The van der Waals surface area contributed by atoms with Crippen LogP contribution in [0.4, 0.5) is 0 Å². The number of halogens is 1. The first-order valence-electron chi connectivity index (χ1n) is 4.39. The third-order valence-electron chi connectivity index (χ3n) is 2.22. The largest absolute Gasteiger partial charge is 0.129 e. The predicted molar refractivity (Wildman–Crippen MR) is 68.7 cm³/mol. The van der Waals surface area contributed by atoms with E-state index in [-0.39, 0.29) is 0 Å². The molecule has 0 aliphatic carbocycles. The Kier molecular flexibility index (Phi) is 2.60. The lowest BCUT2D eigenvalue weighted by Gasteiger charge is -2.00. The van der Waals surface area contributed by atoms with Crippen LogP contribution in [0.5, 0.6) is 0 Å². The molecule has 1 aromatic heterocycles. The van der Waals surface area contributed by atoms with Crippen molar-refractivity contribution in [1.29, 1.82) is 0 Å². The maximum absolute atomic E-state index is 2.40. The Bertz CT molecular complexity index is 443. The molecule has 13 heavy (non-hydrogen) atoms. The first-order chi connectivity index (χ1) is 6.20. The minimum Gasteiger partial charge on any atom is -0.129 e. The van der Waals surface area contributed by atoms with Crippen molar-refractivity contribution in [3.63, 3.8) is 0 Å². The predicted octanol–water partition coefficient (Wildman–Crippen LogP) is 4.38. The lowest BCUT2D eigenvalue weighted by atomic mass is 10.1. The Morgan fingerprint density at radius 1 is 1.31 bits per heavy atom. The van der Waals surface area contributed by atoms with E-state index in [1.807, 2.05) is 11.3 Å². The molecule has 0 unspecified atom stereocenters. The number of thiophene rings is 1. The molecule has 0 atom stereocenters. The summed E-state index contributed by atoms with van der Waals surface area (Å²) in [6, 6.07) is 6.87. The topological polar surface area (TPSA) is 0 Å². The van der Waals surface area contributed by atoms with Crippen LogP contribution in [0, 0.1) is 9.81 Å². The maximum atomic E-state index is 2.40. The molecule has 0 nitrogen and oxygen atoms in total. The van der Waals surface area contributed by atoms with E-state index in [0.717, 1.165) is 6.42 Å². The lowest BCUT2D eigenvalue weighted by molar-refractivity contribution is 1.15. The van der Waals surface area contributed by atoms with Crippen LogP contribution in [0.25, 0.3) is 10.1 Å². The van der Waals surface area contributed by atoms with Crippen LogP contribution in [0.2, 0.25) is 0 Å². The highest BCUT2D eigenvalue weighted by Gasteiger charge is 2.04. The van der Waals surface area contributed by atoms with E-state index < -0.39 is 0 Å². The smallest absolute Gasteiger partial charge is 0.0666 e. The van der Waals surface area contributed by atoms with Gasteiger partial charge in [0, 0.05) is 4.70 Å². The summed E-state index contributed by atoms with van der Waals surface area (Å²) < 4.78 is 2.81. The Hall–Kier alpha value is -0.0900. The molecule has 0 amide bonds. The zero-order chi connectivity index (χ0) is 9.42. The van der Waals surface area contributed by atoms with Crippen molar-refractivity contribution in [2.45, 2.75) is 20.3 Å². The van der Waals surface area contributed by atoms with Gasteiger partial charge in [0.2, 0.25) is 0 Å². The molecule has 0 saturated carbocycles. The van der Waals surface area contributed by atoms with Crippen molar-refractivity contribution >= 4 is 44.0 Å². The van der Waals surface area contributed by atoms with Gasteiger partial charge in [-0.2, -0.15) is 0 Å². The van der Waals surface area contributed by atoms with Gasteiger partial charge < -0.3 is 0 Å². The molecule has 2 heteroatoms. The number of rotatable bonds is 1. The van der Waals surface area contributed by atoms with E-state index in [1.54, 1.807) is 0 Å². The van der Waals surface area contributed by atoms with Gasteiger partial charge in [0.1, 0.15) is 0 Å². The fourth-order valence-electron chi connectivity index (χ4n) is 1.63. The molecule has 1 heterocycles. The lowest BCUT2D eigenvalue weighted by Crippen LogP contribution is -1.82. The zero-order valence-electron chi connectivity index (χ0n) is 7.73. The summed E-state index contributed by atoms with van der Waals surface area (Å²) in [5.74, 6) is 0. The van der Waals surface area contributed by atoms with Crippen LogP contribution in [0.1, 0.15) is 18.1 Å². The Balaban J connectivity index is 2.80. The van der Waals surface area contributed by atoms with Crippen LogP contribution in [-0.4, -0.2) is 0 Å². The van der Waals surface area contributed by atoms with Crippen molar-refractivity contribution in [3.8, 4) is 0 Å². The molecule has 2 rings (SSSR count). The molecule has 0 radical (unpaired) electrons. The molecule has 0 aliphatic heterocycles. The van der Waals surface area contributed by atoms with Crippen molar-refractivity contribution in [1.82, 2.24) is 0 Å². The zero-order valence-corrected chi connectivity index (χ0v) is 10.7. The van der Waals surface area contributed by atoms with Crippen LogP contribution >= 0.6 is 33.9 Å². The van der Waals surface area contributed by atoms with E-state index in [2.05, 4.69) is 54.6 Å². The number of benzene rings is 1. The van der Waals surface area contributed by atoms with E-state index in [1.165, 1.54) is 24.1 Å². The maximum Gasteiger partial charge on any atom is 0.0666 e. The van der Waals surface area contributed by atoms with Gasteiger partial charge in [-0.15, -0.1) is 11.3 Å². The molecule has 2 aromatic rings. The van der Waals surface area contributed by atoms with E-state index in [4.69, 9.17) is 0 Å². The quantitative estimate of drug-likeness (QED) is 0.686. The second-order valence-corrected chi connectivity index (χ2v) is 6.22. The van der Waals surface area contributed by atoms with Gasteiger partial charge in [0.25, 0.3) is 0 Å². The summed E-state index contributed by atoms with van der Waals surface area (Å²) in [5, 5.41) is 1.45. The van der Waals surface area contributed by atoms with Crippen molar-refractivity contribution in [3.05, 3.63) is 32.2 Å². The number of hydrogen-bond acceptors (Lipinski definition) is 1. The highest BCUT2D eigenvalue weighted by atomic mass is 127. The van der Waals surface area contributed by atoms with Crippen molar-refractivity contribution in [2.75, 3.05) is 0 Å². The highest BCUT2D eigenvalue weighted by molar-refractivity contribution is 14.1. The van der Waals surface area contributed by atoms with Crippen LogP contribution < -0.4 is 0 Å². The average molecular weight is 302 g/mol. The molecular formula is C11H11IS. The molecule has 68 valence electrons. The summed E-state index contributed by atoms with van der Waals surface area (Å²) in [7, 11) is 0. The van der Waals surface area contributed by atoms with Gasteiger partial charge in [0.15, 0.2) is 0 Å². The Morgan fingerprint density at radius 3 is 2.77 bits per heavy atom. The second-order valence-electron chi connectivity index (χ2n) is 3.24. The van der Waals surface area contributed by atoms with Gasteiger partial charge in [-0.25, -0.2) is 0 Å². The molecule has 0 bridgehead atoms. The van der Waals surface area contributed by atoms with E-state index in [9.17, 15) is 0 Å². The Morgan fingerprint density at radius 2 is 2.08 bits per heavy atom. The number of aryl methyl sites for hydroxylation is 2. The molecule has 0 N–H and O–H groups in total. The third kappa shape index (κ3) is 1.74. The average Bonchev–Trinajstić information content (AvgIpc) is 2.43. The molecule has 0 fully saturated rings. The summed E-state index contributed by atoms with van der Waals surface area (Å²) in [4.78, 5) is 0. The van der Waals surface area contributed by atoms with Crippen LogP contribution in [0.15, 0.2) is 18.2 Å². The summed E-state index contributed by atoms with van der Waals surface area (Å²) in [5.41, 5.74) is 2.86. The summed E-state index contributed by atoms with van der Waals surface area (Å²) >= 11 is 4.28. The minimum absolute atomic E-state index is 1.13. The van der Waals surface area contributed by atoms with Gasteiger partial charge in [0.05, 0.1) is 2.88 Å². The van der Waals surface area contributed by atoms with Crippen LogP contribution in [0.3, 0.4) is 0 Å². The molecule has 0 saturated heterocycles. The second kappa shape index (κ2) is 3.58. The molecule has 0 aliphatic rings. The van der Waals surface area contributed by atoms with Crippen molar-refractivity contribution in [2.24, 2.45) is 0 Å². The monoisotopic (exact) mass is 302 g/mol. The van der Waals surface area contributed by atoms with E-state index in [0.29, 0.717) is 0 Å². The number of hydrogen-bond donors (Lipinski definition) is 0. The van der Waals surface area contributed by atoms with E-state index >= 15 is 0 Å². The first kappa shape index (κ1) is 9.46. The normalized spacial score (nSPS) is 11.0. The van der Waals surface area contributed by atoms with Gasteiger partial charge in [-0.05, 0) is 64.6 Å². The fourth-order valence-corrected chi connectivity index (χ4v) is 3.58. The fraction of sp³-hybridized carbons (Fsp3) is 0.273. The standard InChI is InChI=1S/C11H11IS/c1-3-8-4-7(2)5-10-9(8)6-11(12)13-10/h4-6H,3H2,1-2H3. The van der Waals surface area contributed by atoms with Crippen molar-refractivity contribution < 1.29 is 0 Å². The van der Waals surface area contributed by atoms with Crippen LogP contribution in [-0.2, 0) is 6.42 Å². The summed E-state index contributed by atoms with van der Waals surface area (Å²) in [6.07, 6.45) is 1.13. The number of fused-ring (bicyclic) bond motifs is 1. The minimum atomic E-state index is 1.13. The molecule has 1 aromatic carbocycles. The first-order valence-corrected chi connectivity index (χ1v) is 6.29. The van der Waals surface area contributed by atoms with Gasteiger partial charge in [-0.1, -0.05) is 13.0 Å². The summed E-state index contributed by atoms with van der Waals surface area (Å²) in [6.45, 7) is 4.39. The Labute approximate surface area is 96.1 Å². The molecule has 0 spiro atoms. The van der Waals surface area contributed by atoms with Gasteiger partial charge >= 0.3 is 0 Å². The SMILES string of the molecule is CCc1cc(C)cc2sc(I)cc12. The third-order valence-corrected chi connectivity index (χ3v) is 4.06. The molecular weight excluding hydrogens is 291 g/mol. The van der Waals surface area contributed by atoms with Gasteiger partial charge in [-0.3, -0.25) is 0 Å².